The van der Waals surface area contributed by atoms with Crippen LogP contribution in [0.1, 0.15) is 44.6 Å². The van der Waals surface area contributed by atoms with Crippen molar-refractivity contribution in [3.05, 3.63) is 209 Å². The minimum atomic E-state index is 0.0820. The largest absolute Gasteiger partial charge is 0.493 e. The molecule has 0 heterocycles. The Morgan fingerprint density at radius 3 is 1.49 bits per heavy atom. The molecule has 0 unspecified atom stereocenters. The molecule has 0 radical (unpaired) electrons. The van der Waals surface area contributed by atoms with Crippen LogP contribution in [0, 0.1) is 0 Å². The predicted molar refractivity (Wildman–Crippen MR) is 207 cm³/mol. The van der Waals surface area contributed by atoms with Gasteiger partial charge < -0.3 is 14.8 Å². The summed E-state index contributed by atoms with van der Waals surface area (Å²) >= 11 is 0. The fraction of sp³-hybridized carbons (Fsp3) is 0.196. The van der Waals surface area contributed by atoms with Crippen LogP contribution in [0.5, 0.6) is 5.75 Å². The van der Waals surface area contributed by atoms with Gasteiger partial charge in [-0.3, -0.25) is 9.69 Å². The quantitative estimate of drug-likeness (QED) is 0.0726. The van der Waals surface area contributed by atoms with E-state index in [0.717, 1.165) is 19.5 Å². The molecule has 6 aromatic rings. The van der Waals surface area contributed by atoms with E-state index < -0.39 is 0 Å². The third kappa shape index (κ3) is 14.2. The first kappa shape index (κ1) is 36.9. The number of rotatable bonds is 18. The summed E-state index contributed by atoms with van der Waals surface area (Å²) in [6.45, 7) is 5.38. The zero-order chi connectivity index (χ0) is 35.2. The Morgan fingerprint density at radius 1 is 0.510 bits per heavy atom. The Bertz CT molecular complexity index is 1720. The normalized spacial score (nSPS) is 10.7. The Morgan fingerprint density at radius 2 is 0.980 bits per heavy atom. The van der Waals surface area contributed by atoms with Crippen LogP contribution in [0.2, 0.25) is 0 Å². The predicted octanol–water partition coefficient (Wildman–Crippen LogP) is 9.53. The van der Waals surface area contributed by atoms with Crippen molar-refractivity contribution in [3.63, 3.8) is 0 Å². The van der Waals surface area contributed by atoms with Crippen molar-refractivity contribution in [1.82, 2.24) is 10.2 Å². The molecule has 0 aromatic heterocycles. The molecule has 6 aromatic carbocycles. The molecule has 0 fully saturated rings. The highest BCUT2D eigenvalue weighted by atomic mass is 16.5. The van der Waals surface area contributed by atoms with Gasteiger partial charge in [-0.2, -0.15) is 0 Å². The number of hydrogen-bond donors (Lipinski definition) is 1. The molecule has 1 N–H and O–H groups in total. The number of ether oxygens (including phenoxy) is 2. The summed E-state index contributed by atoms with van der Waals surface area (Å²) in [5.41, 5.74) is 6.86. The van der Waals surface area contributed by atoms with Crippen LogP contribution in [0.25, 0.3) is 0 Å². The zero-order valence-corrected chi connectivity index (χ0v) is 29.3. The Hall–Kier alpha value is -5.33. The minimum absolute atomic E-state index is 0.0820. The lowest BCUT2D eigenvalue weighted by atomic mass is 10.1. The molecule has 0 spiro atoms. The van der Waals surface area contributed by atoms with E-state index >= 15 is 0 Å². The number of nitrogens with one attached hydrogen (secondary N) is 1. The summed E-state index contributed by atoms with van der Waals surface area (Å²) in [7, 11) is 0. The first-order valence-corrected chi connectivity index (χ1v) is 17.7. The molecule has 0 bridgehead atoms. The molecule has 6 rings (SSSR count). The first-order valence-electron chi connectivity index (χ1n) is 17.7. The van der Waals surface area contributed by atoms with Gasteiger partial charge >= 0.3 is 0 Å². The van der Waals surface area contributed by atoms with Crippen LogP contribution in [-0.4, -0.2) is 30.4 Å². The molecule has 0 aliphatic heterocycles. The second-order valence-corrected chi connectivity index (χ2v) is 12.4. The molecule has 0 atom stereocenters. The van der Waals surface area contributed by atoms with E-state index in [-0.39, 0.29) is 5.78 Å². The third-order valence-corrected chi connectivity index (χ3v) is 8.18. The molecule has 0 saturated carbocycles. The number of carbonyl (C=O) groups excluding carboxylic acids is 1. The highest BCUT2D eigenvalue weighted by Gasteiger charge is 2.15. The lowest BCUT2D eigenvalue weighted by Gasteiger charge is -2.22. The second-order valence-electron chi connectivity index (χ2n) is 12.4. The standard InChI is InChI=1S/C32H33NO3.C14H15N/c34-32(25-33(23-27-12-4-1-5-13-27)24-28-14-6-2-7-15-28)30-18-10-19-31(22-30)36-21-11-20-35-26-29-16-8-3-9-17-29;1-3-7-13(8-4-1)11-15-12-14-9-5-2-6-10-14/h1-10,12-19,22H,11,20-21,23-26H2;1-10,15H,11-12H2. The van der Waals surface area contributed by atoms with Crippen LogP contribution in [0.15, 0.2) is 176 Å². The number of ketones is 1. The lowest BCUT2D eigenvalue weighted by Crippen LogP contribution is -2.29. The highest BCUT2D eigenvalue weighted by Crippen LogP contribution is 2.17. The van der Waals surface area contributed by atoms with Crippen molar-refractivity contribution < 1.29 is 14.3 Å². The van der Waals surface area contributed by atoms with Crippen LogP contribution in [-0.2, 0) is 37.5 Å². The monoisotopic (exact) mass is 676 g/mol. The van der Waals surface area contributed by atoms with E-state index in [2.05, 4.69) is 95.1 Å². The smallest absolute Gasteiger partial charge is 0.176 e. The van der Waals surface area contributed by atoms with Gasteiger partial charge in [-0.1, -0.05) is 164 Å². The van der Waals surface area contributed by atoms with Gasteiger partial charge in [-0.25, -0.2) is 0 Å². The zero-order valence-electron chi connectivity index (χ0n) is 29.3. The fourth-order valence-electron chi connectivity index (χ4n) is 5.56. The summed E-state index contributed by atoms with van der Waals surface area (Å²) in [4.78, 5) is 15.4. The third-order valence-electron chi connectivity index (χ3n) is 8.18. The highest BCUT2D eigenvalue weighted by molar-refractivity contribution is 5.97. The number of carbonyl (C=O) groups is 1. The molecule has 0 aliphatic carbocycles. The molecule has 260 valence electrons. The van der Waals surface area contributed by atoms with Gasteiger partial charge in [-0.15, -0.1) is 0 Å². The maximum atomic E-state index is 13.2. The number of nitrogens with zero attached hydrogens (tertiary/aromatic N) is 1. The summed E-state index contributed by atoms with van der Waals surface area (Å²) in [6, 6.07) is 59.1. The van der Waals surface area contributed by atoms with E-state index in [0.29, 0.717) is 50.8 Å². The van der Waals surface area contributed by atoms with Gasteiger partial charge in [0.25, 0.3) is 0 Å². The van der Waals surface area contributed by atoms with Crippen LogP contribution < -0.4 is 10.1 Å². The van der Waals surface area contributed by atoms with Crippen molar-refractivity contribution in [2.24, 2.45) is 0 Å². The average Bonchev–Trinajstić information content (AvgIpc) is 3.18. The molecule has 5 nitrogen and oxygen atoms in total. The Labute approximate surface area is 303 Å². The molecular formula is C46H48N2O3. The number of Topliss-reactive ketones (excluding diaryl/α,β-unsaturated/α-hetero) is 1. The second kappa shape index (κ2) is 21.7. The maximum Gasteiger partial charge on any atom is 0.176 e. The van der Waals surface area contributed by atoms with Gasteiger partial charge in [0.2, 0.25) is 0 Å². The molecular weight excluding hydrogens is 629 g/mol. The molecule has 5 heteroatoms. The lowest BCUT2D eigenvalue weighted by molar-refractivity contribution is 0.0919. The van der Waals surface area contributed by atoms with Gasteiger partial charge in [0.1, 0.15) is 5.75 Å². The van der Waals surface area contributed by atoms with Crippen LogP contribution >= 0.6 is 0 Å². The maximum absolute atomic E-state index is 13.2. The van der Waals surface area contributed by atoms with E-state index in [4.69, 9.17) is 9.47 Å². The minimum Gasteiger partial charge on any atom is -0.493 e. The van der Waals surface area contributed by atoms with E-state index in [1.807, 2.05) is 91.0 Å². The van der Waals surface area contributed by atoms with Gasteiger partial charge in [0.15, 0.2) is 5.78 Å². The summed E-state index contributed by atoms with van der Waals surface area (Å²) in [5, 5.41) is 3.42. The molecule has 51 heavy (non-hydrogen) atoms. The Kier molecular flexibility index (Phi) is 15.7. The van der Waals surface area contributed by atoms with Crippen molar-refractivity contribution in [3.8, 4) is 5.75 Å². The van der Waals surface area contributed by atoms with Crippen LogP contribution in [0.4, 0.5) is 0 Å². The molecule has 0 saturated heterocycles. The van der Waals surface area contributed by atoms with Crippen molar-refractivity contribution in [2.75, 3.05) is 19.8 Å². The van der Waals surface area contributed by atoms with E-state index in [1.54, 1.807) is 0 Å². The van der Waals surface area contributed by atoms with Crippen molar-refractivity contribution >= 4 is 5.78 Å². The number of hydrogen-bond acceptors (Lipinski definition) is 5. The summed E-state index contributed by atoms with van der Waals surface area (Å²) < 4.78 is 11.6. The van der Waals surface area contributed by atoms with E-state index in [9.17, 15) is 4.79 Å². The van der Waals surface area contributed by atoms with Gasteiger partial charge in [0, 0.05) is 38.2 Å². The first-order chi connectivity index (χ1) is 25.2. The molecule has 0 amide bonds. The van der Waals surface area contributed by atoms with Crippen molar-refractivity contribution in [2.45, 2.75) is 39.2 Å². The Balaban J connectivity index is 0.000000279. The number of benzene rings is 6. The fourth-order valence-corrected chi connectivity index (χ4v) is 5.56. The average molecular weight is 677 g/mol. The van der Waals surface area contributed by atoms with Crippen molar-refractivity contribution in [1.29, 1.82) is 0 Å². The topological polar surface area (TPSA) is 50.8 Å². The summed E-state index contributed by atoms with van der Waals surface area (Å²) in [5.74, 6) is 0.792. The molecule has 0 aliphatic rings. The summed E-state index contributed by atoms with van der Waals surface area (Å²) in [6.07, 6.45) is 0.785. The van der Waals surface area contributed by atoms with E-state index in [1.165, 1.54) is 27.8 Å². The van der Waals surface area contributed by atoms with Gasteiger partial charge in [-0.05, 0) is 39.9 Å². The van der Waals surface area contributed by atoms with Gasteiger partial charge in [0.05, 0.1) is 26.4 Å². The SMILES string of the molecule is O=C(CN(Cc1ccccc1)Cc1ccccc1)c1cccc(OCCCOCc2ccccc2)c1.c1ccc(CNCc2ccccc2)cc1. The van der Waals surface area contributed by atoms with Crippen LogP contribution in [0.3, 0.4) is 0 Å².